The van der Waals surface area contributed by atoms with Gasteiger partial charge in [-0.3, -0.25) is 4.79 Å². The van der Waals surface area contributed by atoms with Crippen LogP contribution in [0.2, 0.25) is 0 Å². The predicted molar refractivity (Wildman–Crippen MR) is 67.8 cm³/mol. The van der Waals surface area contributed by atoms with Crippen LogP contribution in [0, 0.1) is 5.92 Å². The van der Waals surface area contributed by atoms with E-state index in [9.17, 15) is 21.6 Å². The zero-order valence-electron chi connectivity index (χ0n) is 10.0. The summed E-state index contributed by atoms with van der Waals surface area (Å²) < 4.78 is 48.9. The minimum absolute atomic E-state index is 0.0937. The predicted octanol–water partition coefficient (Wildman–Crippen LogP) is -0.878. The highest BCUT2D eigenvalue weighted by Gasteiger charge is 2.38. The van der Waals surface area contributed by atoms with Crippen molar-refractivity contribution in [3.05, 3.63) is 12.2 Å². The zero-order valence-corrected chi connectivity index (χ0v) is 11.7. The quantitative estimate of drug-likeness (QED) is 0.651. The van der Waals surface area contributed by atoms with Crippen LogP contribution in [-0.2, 0) is 24.7 Å². The lowest BCUT2D eigenvalue weighted by atomic mass is 10.1. The Hall–Kier alpha value is -0.930. The van der Waals surface area contributed by atoms with E-state index in [1.807, 2.05) is 0 Å². The smallest absolute Gasteiger partial charge is 0.310 e. The molecule has 3 atom stereocenters. The Bertz CT molecular complexity index is 606. The van der Waals surface area contributed by atoms with Gasteiger partial charge < -0.3 is 5.11 Å². The topological polar surface area (TPSA) is 118 Å². The maximum absolute atomic E-state index is 12.0. The average Bonchev–Trinajstić information content (AvgIpc) is 2.84. The van der Waals surface area contributed by atoms with Crippen LogP contribution in [0.3, 0.4) is 0 Å². The van der Waals surface area contributed by atoms with Gasteiger partial charge in [-0.25, -0.2) is 21.6 Å². The van der Waals surface area contributed by atoms with Crippen LogP contribution in [0.4, 0.5) is 0 Å². The SMILES string of the molecule is O=C(O)C1C=CC(NS(=O)(=O)C2CCS(=O)(=O)C2)C1. The Morgan fingerprint density at radius 1 is 1.32 bits per heavy atom. The van der Waals surface area contributed by atoms with Gasteiger partial charge in [0.05, 0.1) is 22.7 Å². The van der Waals surface area contributed by atoms with Crippen LogP contribution in [0.25, 0.3) is 0 Å². The maximum Gasteiger partial charge on any atom is 0.310 e. The lowest BCUT2D eigenvalue weighted by Gasteiger charge is -2.16. The van der Waals surface area contributed by atoms with Gasteiger partial charge in [-0.15, -0.1) is 0 Å². The Balaban J connectivity index is 2.00. The van der Waals surface area contributed by atoms with E-state index in [2.05, 4.69) is 4.72 Å². The van der Waals surface area contributed by atoms with Gasteiger partial charge in [0.25, 0.3) is 0 Å². The normalized spacial score (nSPS) is 33.6. The van der Waals surface area contributed by atoms with E-state index in [-0.39, 0.29) is 24.3 Å². The molecule has 7 nitrogen and oxygen atoms in total. The van der Waals surface area contributed by atoms with Gasteiger partial charge in [-0.1, -0.05) is 12.2 Å². The molecule has 1 saturated heterocycles. The van der Waals surface area contributed by atoms with E-state index < -0.39 is 43.0 Å². The molecule has 0 aromatic rings. The molecule has 0 saturated carbocycles. The summed E-state index contributed by atoms with van der Waals surface area (Å²) in [6, 6.07) is -0.575. The van der Waals surface area contributed by atoms with Gasteiger partial charge in [-0.2, -0.15) is 0 Å². The molecule has 108 valence electrons. The average molecular weight is 309 g/mol. The summed E-state index contributed by atoms with van der Waals surface area (Å²) in [5.41, 5.74) is 0. The maximum atomic E-state index is 12.0. The second-order valence-electron chi connectivity index (χ2n) is 4.86. The first kappa shape index (κ1) is 14.5. The van der Waals surface area contributed by atoms with Crippen molar-refractivity contribution in [2.24, 2.45) is 5.92 Å². The molecule has 0 aromatic heterocycles. The van der Waals surface area contributed by atoms with Crippen LogP contribution in [0.5, 0.6) is 0 Å². The molecule has 0 amide bonds. The van der Waals surface area contributed by atoms with Gasteiger partial charge in [0.15, 0.2) is 9.84 Å². The zero-order chi connectivity index (χ0) is 14.3. The Morgan fingerprint density at radius 3 is 2.47 bits per heavy atom. The Morgan fingerprint density at radius 2 is 2.00 bits per heavy atom. The lowest BCUT2D eigenvalue weighted by Crippen LogP contribution is -2.40. The molecule has 2 rings (SSSR count). The first-order valence-electron chi connectivity index (χ1n) is 5.82. The van der Waals surface area contributed by atoms with E-state index in [4.69, 9.17) is 5.11 Å². The summed E-state index contributed by atoms with van der Waals surface area (Å²) in [5.74, 6) is -2.17. The highest BCUT2D eigenvalue weighted by atomic mass is 32.2. The van der Waals surface area contributed by atoms with Gasteiger partial charge >= 0.3 is 5.97 Å². The monoisotopic (exact) mass is 309 g/mol. The van der Waals surface area contributed by atoms with Crippen LogP contribution in [0.1, 0.15) is 12.8 Å². The first-order valence-corrected chi connectivity index (χ1v) is 9.19. The van der Waals surface area contributed by atoms with Crippen molar-refractivity contribution in [2.75, 3.05) is 11.5 Å². The summed E-state index contributed by atoms with van der Waals surface area (Å²) in [7, 11) is -7.00. The van der Waals surface area contributed by atoms with Gasteiger partial charge in [0.2, 0.25) is 10.0 Å². The van der Waals surface area contributed by atoms with Crippen LogP contribution in [0.15, 0.2) is 12.2 Å². The van der Waals surface area contributed by atoms with Crippen molar-refractivity contribution in [1.29, 1.82) is 0 Å². The lowest BCUT2D eigenvalue weighted by molar-refractivity contribution is -0.140. The fraction of sp³-hybridized carbons (Fsp3) is 0.700. The highest BCUT2D eigenvalue weighted by Crippen LogP contribution is 2.22. The fourth-order valence-corrected chi connectivity index (χ4v) is 6.53. The summed E-state index contributed by atoms with van der Waals surface area (Å²) >= 11 is 0. The Kier molecular flexibility index (Phi) is 3.72. The summed E-state index contributed by atoms with van der Waals surface area (Å²) in [6.45, 7) is 0. The minimum Gasteiger partial charge on any atom is -0.481 e. The second-order valence-corrected chi connectivity index (χ2v) is 9.08. The fourth-order valence-electron chi connectivity index (χ4n) is 2.28. The van der Waals surface area contributed by atoms with Crippen molar-refractivity contribution in [3.63, 3.8) is 0 Å². The summed E-state index contributed by atoms with van der Waals surface area (Å²) in [6.07, 6.45) is 3.20. The largest absolute Gasteiger partial charge is 0.481 e. The summed E-state index contributed by atoms with van der Waals surface area (Å²) in [4.78, 5) is 10.7. The number of nitrogens with one attached hydrogen (secondary N) is 1. The van der Waals surface area contributed by atoms with Crippen molar-refractivity contribution >= 4 is 25.8 Å². The number of sulfone groups is 1. The molecule has 19 heavy (non-hydrogen) atoms. The standard InChI is InChI=1S/C10H15NO6S2/c12-10(13)7-1-2-8(5-7)11-19(16,17)9-3-4-18(14,15)6-9/h1-2,7-9,11H,3-6H2,(H,12,13). The molecule has 1 heterocycles. The highest BCUT2D eigenvalue weighted by molar-refractivity contribution is 7.95. The molecule has 1 aliphatic heterocycles. The number of carboxylic acids is 1. The van der Waals surface area contributed by atoms with Crippen molar-refractivity contribution in [2.45, 2.75) is 24.1 Å². The summed E-state index contributed by atoms with van der Waals surface area (Å²) in [5, 5.41) is 7.87. The van der Waals surface area contributed by atoms with Crippen LogP contribution >= 0.6 is 0 Å². The number of hydrogen-bond acceptors (Lipinski definition) is 5. The molecular weight excluding hydrogens is 294 g/mol. The molecule has 0 bridgehead atoms. The molecule has 2 aliphatic rings. The first-order chi connectivity index (χ1) is 8.70. The third-order valence-corrected chi connectivity index (χ3v) is 7.24. The molecule has 0 radical (unpaired) electrons. The number of carboxylic acid groups (broad SMARTS) is 1. The molecule has 1 fully saturated rings. The third kappa shape index (κ3) is 3.34. The number of aliphatic carboxylic acids is 1. The molecule has 3 unspecified atom stereocenters. The van der Waals surface area contributed by atoms with Crippen molar-refractivity contribution < 1.29 is 26.7 Å². The van der Waals surface area contributed by atoms with E-state index in [1.165, 1.54) is 12.2 Å². The number of carbonyl (C=O) groups is 1. The second kappa shape index (κ2) is 4.88. The molecule has 0 aromatic carbocycles. The van der Waals surface area contributed by atoms with Gasteiger partial charge in [-0.05, 0) is 12.8 Å². The molecule has 0 spiro atoms. The number of sulfonamides is 1. The van der Waals surface area contributed by atoms with E-state index in [1.54, 1.807) is 0 Å². The molecular formula is C10H15NO6S2. The minimum atomic E-state index is -3.74. The third-order valence-electron chi connectivity index (χ3n) is 3.35. The van der Waals surface area contributed by atoms with E-state index in [0.29, 0.717) is 0 Å². The van der Waals surface area contributed by atoms with Crippen LogP contribution in [-0.4, -0.2) is 50.7 Å². The molecule has 1 aliphatic carbocycles. The molecule has 9 heteroatoms. The van der Waals surface area contributed by atoms with E-state index in [0.717, 1.165) is 0 Å². The van der Waals surface area contributed by atoms with Gasteiger partial charge in [0, 0.05) is 6.04 Å². The van der Waals surface area contributed by atoms with Gasteiger partial charge in [0.1, 0.15) is 0 Å². The van der Waals surface area contributed by atoms with Crippen molar-refractivity contribution in [3.8, 4) is 0 Å². The number of hydrogen-bond donors (Lipinski definition) is 2. The van der Waals surface area contributed by atoms with E-state index >= 15 is 0 Å². The Labute approximate surface area is 111 Å². The number of rotatable bonds is 4. The van der Waals surface area contributed by atoms with Crippen molar-refractivity contribution in [1.82, 2.24) is 4.72 Å². The molecule has 2 N–H and O–H groups in total. The van der Waals surface area contributed by atoms with Crippen LogP contribution < -0.4 is 4.72 Å².